The second-order valence-electron chi connectivity index (χ2n) is 7.85. The zero-order chi connectivity index (χ0) is 26.8. The topological polar surface area (TPSA) is 137 Å². The number of nitro groups is 1. The molecule has 10 nitrogen and oxygen atoms in total. The molecular weight excluding hydrogens is 474 g/mol. The maximum Gasteiger partial charge on any atom is 0.311 e. The van der Waals surface area contributed by atoms with Crippen LogP contribution in [0.2, 0.25) is 0 Å². The number of carbonyl (C=O) groups is 2. The van der Waals surface area contributed by atoms with Crippen molar-refractivity contribution in [2.75, 3.05) is 18.0 Å². The van der Waals surface area contributed by atoms with Crippen molar-refractivity contribution in [3.8, 4) is 5.75 Å². The summed E-state index contributed by atoms with van der Waals surface area (Å²) in [6, 6.07) is 19.7. The van der Waals surface area contributed by atoms with Crippen molar-refractivity contribution in [1.29, 1.82) is 0 Å². The number of amides is 2. The number of nitro benzene ring substituents is 1. The zero-order valence-corrected chi connectivity index (χ0v) is 20.4. The zero-order valence-electron chi connectivity index (χ0n) is 20.4. The number of nitrogens with one attached hydrogen (secondary N) is 2. The van der Waals surface area contributed by atoms with Gasteiger partial charge in [-0.1, -0.05) is 30.3 Å². The van der Waals surface area contributed by atoms with Crippen LogP contribution in [-0.4, -0.2) is 41.1 Å². The average Bonchev–Trinajstić information content (AvgIpc) is 2.91. The predicted octanol–water partition coefficient (Wildman–Crippen LogP) is 4.07. The Kier molecular flexibility index (Phi) is 9.09. The number of nitrogens with zero attached hydrogens (tertiary/aromatic N) is 3. The molecule has 0 spiro atoms. The third-order valence-electron chi connectivity index (χ3n) is 5.44. The standard InChI is InChI=1S/C27H27N5O5/c1-3-31(4-2)22-13-10-19(11-14-22)16-23(29-26(34)21-8-6-5-7-9-21)27(35)30-28-18-20-12-15-25(33)24(17-20)32(36)37/h5-18,33H,3-4H2,1-2H3,(H,29,34)(H,30,35)/b23-16?,28-18+. The van der Waals surface area contributed by atoms with Gasteiger partial charge in [0.25, 0.3) is 11.8 Å². The first-order chi connectivity index (χ1) is 17.8. The molecule has 37 heavy (non-hydrogen) atoms. The number of carbonyl (C=O) groups excluding carboxylic acids is 2. The van der Waals surface area contributed by atoms with E-state index in [0.29, 0.717) is 11.1 Å². The van der Waals surface area contributed by atoms with Gasteiger partial charge < -0.3 is 15.3 Å². The van der Waals surface area contributed by atoms with E-state index in [-0.39, 0.29) is 11.3 Å². The van der Waals surface area contributed by atoms with E-state index < -0.39 is 28.2 Å². The van der Waals surface area contributed by atoms with Crippen LogP contribution in [0.15, 0.2) is 83.6 Å². The molecule has 0 aliphatic carbocycles. The Morgan fingerprint density at radius 3 is 2.27 bits per heavy atom. The molecule has 0 heterocycles. The van der Waals surface area contributed by atoms with Crippen LogP contribution >= 0.6 is 0 Å². The largest absolute Gasteiger partial charge is 0.502 e. The van der Waals surface area contributed by atoms with Crippen molar-refractivity contribution in [3.63, 3.8) is 0 Å². The highest BCUT2D eigenvalue weighted by Crippen LogP contribution is 2.25. The third-order valence-corrected chi connectivity index (χ3v) is 5.44. The second kappa shape index (κ2) is 12.6. The van der Waals surface area contributed by atoms with Gasteiger partial charge >= 0.3 is 5.69 Å². The van der Waals surface area contributed by atoms with E-state index in [4.69, 9.17) is 0 Å². The highest BCUT2D eigenvalue weighted by molar-refractivity contribution is 6.05. The number of phenols is 1. The Morgan fingerprint density at radius 2 is 1.65 bits per heavy atom. The van der Waals surface area contributed by atoms with Gasteiger partial charge in [0.1, 0.15) is 5.70 Å². The number of benzene rings is 3. The van der Waals surface area contributed by atoms with Crippen molar-refractivity contribution >= 4 is 35.5 Å². The molecule has 10 heteroatoms. The normalized spacial score (nSPS) is 11.2. The molecule has 0 saturated carbocycles. The molecule has 0 saturated heterocycles. The summed E-state index contributed by atoms with van der Waals surface area (Å²) >= 11 is 0. The lowest BCUT2D eigenvalue weighted by molar-refractivity contribution is -0.385. The Balaban J connectivity index is 1.83. The van der Waals surface area contributed by atoms with Crippen molar-refractivity contribution in [2.24, 2.45) is 5.10 Å². The van der Waals surface area contributed by atoms with Crippen LogP contribution in [0.4, 0.5) is 11.4 Å². The molecule has 0 atom stereocenters. The van der Waals surface area contributed by atoms with Crippen LogP contribution in [0.1, 0.15) is 35.3 Å². The van der Waals surface area contributed by atoms with E-state index in [2.05, 4.69) is 34.6 Å². The van der Waals surface area contributed by atoms with E-state index in [1.54, 1.807) is 30.3 Å². The van der Waals surface area contributed by atoms with Crippen LogP contribution in [0.25, 0.3) is 6.08 Å². The van der Waals surface area contributed by atoms with Gasteiger partial charge in [-0.25, -0.2) is 5.43 Å². The fourth-order valence-corrected chi connectivity index (χ4v) is 3.47. The lowest BCUT2D eigenvalue weighted by atomic mass is 10.1. The first kappa shape index (κ1) is 26.6. The fraction of sp³-hybridized carbons (Fsp3) is 0.148. The van der Waals surface area contributed by atoms with Crippen LogP contribution in [0.3, 0.4) is 0 Å². The van der Waals surface area contributed by atoms with Crippen LogP contribution in [-0.2, 0) is 4.79 Å². The molecular formula is C27H27N5O5. The van der Waals surface area contributed by atoms with Gasteiger partial charge in [-0.2, -0.15) is 5.10 Å². The Morgan fingerprint density at radius 1 is 1.00 bits per heavy atom. The number of hydrogen-bond acceptors (Lipinski definition) is 7. The summed E-state index contributed by atoms with van der Waals surface area (Å²) in [6.45, 7) is 5.84. The van der Waals surface area contributed by atoms with Gasteiger partial charge in [0.15, 0.2) is 5.75 Å². The van der Waals surface area contributed by atoms with Crippen molar-refractivity contribution in [3.05, 3.63) is 105 Å². The number of hydrazone groups is 1. The van der Waals surface area contributed by atoms with E-state index in [9.17, 15) is 24.8 Å². The molecule has 0 aliphatic heterocycles. The summed E-state index contributed by atoms with van der Waals surface area (Å²) in [4.78, 5) is 38.1. The number of phenolic OH excluding ortho intramolecular Hbond substituents is 1. The number of aromatic hydroxyl groups is 1. The minimum atomic E-state index is -0.725. The van der Waals surface area contributed by atoms with Gasteiger partial charge in [-0.15, -0.1) is 0 Å². The maximum absolute atomic E-state index is 12.9. The second-order valence-corrected chi connectivity index (χ2v) is 7.85. The van der Waals surface area contributed by atoms with Crippen LogP contribution < -0.4 is 15.6 Å². The predicted molar refractivity (Wildman–Crippen MR) is 142 cm³/mol. The van der Waals surface area contributed by atoms with Gasteiger partial charge in [-0.3, -0.25) is 19.7 Å². The average molecular weight is 502 g/mol. The molecule has 2 amide bonds. The third kappa shape index (κ3) is 7.25. The maximum atomic E-state index is 12.9. The monoisotopic (exact) mass is 501 g/mol. The molecule has 3 N–H and O–H groups in total. The van der Waals surface area contributed by atoms with Gasteiger partial charge in [-0.05, 0) is 61.9 Å². The molecule has 0 radical (unpaired) electrons. The molecule has 0 unspecified atom stereocenters. The Labute approximate surface area is 214 Å². The van der Waals surface area contributed by atoms with E-state index in [1.807, 2.05) is 24.3 Å². The summed E-state index contributed by atoms with van der Waals surface area (Å²) in [5, 5.41) is 27.1. The molecule has 0 fully saturated rings. The fourth-order valence-electron chi connectivity index (χ4n) is 3.47. The van der Waals surface area contributed by atoms with Crippen LogP contribution in [0.5, 0.6) is 5.75 Å². The highest BCUT2D eigenvalue weighted by atomic mass is 16.6. The molecule has 3 rings (SSSR count). The minimum Gasteiger partial charge on any atom is -0.502 e. The van der Waals surface area contributed by atoms with Gasteiger partial charge in [0.05, 0.1) is 11.1 Å². The SMILES string of the molecule is CCN(CC)c1ccc(C=C(NC(=O)c2ccccc2)C(=O)N/N=C/c2ccc(O)c([N+](=O)[O-])c2)cc1. The summed E-state index contributed by atoms with van der Waals surface area (Å²) in [6.07, 6.45) is 2.73. The minimum absolute atomic E-state index is 0.0433. The molecule has 0 aromatic heterocycles. The number of hydrogen-bond donors (Lipinski definition) is 3. The lowest BCUT2D eigenvalue weighted by Gasteiger charge is -2.20. The van der Waals surface area contributed by atoms with Crippen molar-refractivity contribution in [1.82, 2.24) is 10.7 Å². The van der Waals surface area contributed by atoms with E-state index >= 15 is 0 Å². The molecule has 190 valence electrons. The quantitative estimate of drug-likeness (QED) is 0.166. The highest BCUT2D eigenvalue weighted by Gasteiger charge is 2.15. The van der Waals surface area contributed by atoms with Crippen LogP contribution in [0, 0.1) is 10.1 Å². The summed E-state index contributed by atoms with van der Waals surface area (Å²) < 4.78 is 0. The van der Waals surface area contributed by atoms with Gasteiger partial charge in [0.2, 0.25) is 0 Å². The molecule has 3 aromatic rings. The first-order valence-electron chi connectivity index (χ1n) is 11.6. The van der Waals surface area contributed by atoms with E-state index in [1.165, 1.54) is 18.4 Å². The Bertz CT molecular complexity index is 1320. The number of rotatable bonds is 10. The molecule has 0 bridgehead atoms. The smallest absolute Gasteiger partial charge is 0.311 e. The summed E-state index contributed by atoms with van der Waals surface area (Å²) in [7, 11) is 0. The van der Waals surface area contributed by atoms with E-state index in [0.717, 1.165) is 30.9 Å². The van der Waals surface area contributed by atoms with Crippen molar-refractivity contribution < 1.29 is 19.6 Å². The Hall–Kier alpha value is -4.99. The first-order valence-corrected chi connectivity index (χ1v) is 11.6. The lowest BCUT2D eigenvalue weighted by Crippen LogP contribution is -2.32. The summed E-state index contributed by atoms with van der Waals surface area (Å²) in [5.41, 5.74) is 4.18. The number of anilines is 1. The summed E-state index contributed by atoms with van der Waals surface area (Å²) in [5.74, 6) is -1.64. The molecule has 0 aliphatic rings. The van der Waals surface area contributed by atoms with Gasteiger partial charge in [0, 0.05) is 36.0 Å². The molecule has 3 aromatic carbocycles. The van der Waals surface area contributed by atoms with Crippen molar-refractivity contribution in [2.45, 2.75) is 13.8 Å².